The van der Waals surface area contributed by atoms with Crippen LogP contribution < -0.4 is 16.0 Å². The largest absolute Gasteiger partial charge is 0.368 e. The number of carbonyl (C=O) groups is 1. The Balaban J connectivity index is 2.12. The van der Waals surface area contributed by atoms with Gasteiger partial charge in [-0.1, -0.05) is 23.7 Å². The number of carbonyl (C=O) groups excluding carboxylic acids is 1. The highest BCUT2D eigenvalue weighted by Crippen LogP contribution is 2.18. The molecule has 1 aromatic heterocycles. The molecule has 7 heteroatoms. The Morgan fingerprint density at radius 2 is 2.00 bits per heavy atom. The smallest absolute Gasteiger partial charge is 0.251 e. The minimum Gasteiger partial charge on any atom is -0.368 e. The Kier molecular flexibility index (Phi) is 4.59. The van der Waals surface area contributed by atoms with Crippen LogP contribution in [0.1, 0.15) is 15.9 Å². The summed E-state index contributed by atoms with van der Waals surface area (Å²) in [6.07, 6.45) is 0. The van der Waals surface area contributed by atoms with Crippen molar-refractivity contribution in [2.24, 2.45) is 0 Å². The zero-order chi connectivity index (χ0) is 15.4. The van der Waals surface area contributed by atoms with Crippen LogP contribution in [0, 0.1) is 0 Å². The number of nitrogens with one attached hydrogen (secondary N) is 1. The maximum atomic E-state index is 11.5. The first-order chi connectivity index (χ1) is 9.99. The summed E-state index contributed by atoms with van der Waals surface area (Å²) in [5.74, 6) is 0.674. The maximum Gasteiger partial charge on any atom is 0.251 e. The SMILES string of the molecule is CNC(=O)c1ccc(CN(C)c2cc(Cl)nc(N)n2)cc1. The molecule has 0 spiro atoms. The Bertz CT molecular complexity index is 624. The molecule has 0 saturated carbocycles. The van der Waals surface area contributed by atoms with E-state index >= 15 is 0 Å². The van der Waals surface area contributed by atoms with Gasteiger partial charge in [-0.05, 0) is 17.7 Å². The normalized spacial score (nSPS) is 10.2. The number of nitrogens with zero attached hydrogens (tertiary/aromatic N) is 3. The van der Waals surface area contributed by atoms with Gasteiger partial charge in [0.25, 0.3) is 5.91 Å². The third-order valence-corrected chi connectivity index (χ3v) is 3.15. The lowest BCUT2D eigenvalue weighted by atomic mass is 10.1. The van der Waals surface area contributed by atoms with E-state index in [-0.39, 0.29) is 11.9 Å². The third kappa shape index (κ3) is 3.82. The molecule has 110 valence electrons. The summed E-state index contributed by atoms with van der Waals surface area (Å²) >= 11 is 5.87. The van der Waals surface area contributed by atoms with Gasteiger partial charge in [0.1, 0.15) is 11.0 Å². The highest BCUT2D eigenvalue weighted by molar-refractivity contribution is 6.29. The van der Waals surface area contributed by atoms with Gasteiger partial charge in [0.15, 0.2) is 0 Å². The van der Waals surface area contributed by atoms with Gasteiger partial charge in [-0.2, -0.15) is 4.98 Å². The van der Waals surface area contributed by atoms with Crippen LogP contribution >= 0.6 is 11.6 Å². The van der Waals surface area contributed by atoms with Crippen LogP contribution in [0.5, 0.6) is 0 Å². The molecule has 1 amide bonds. The summed E-state index contributed by atoms with van der Waals surface area (Å²) in [7, 11) is 3.48. The molecule has 0 aliphatic rings. The Labute approximate surface area is 128 Å². The van der Waals surface area contributed by atoms with Gasteiger partial charge in [0, 0.05) is 32.3 Å². The molecule has 1 heterocycles. The minimum absolute atomic E-state index is 0.106. The number of benzene rings is 1. The van der Waals surface area contributed by atoms with Gasteiger partial charge in [0.2, 0.25) is 5.95 Å². The number of hydrogen-bond acceptors (Lipinski definition) is 5. The number of aromatic nitrogens is 2. The molecule has 0 aliphatic heterocycles. The molecule has 0 bridgehead atoms. The first-order valence-corrected chi connectivity index (χ1v) is 6.69. The first kappa shape index (κ1) is 15.1. The number of hydrogen-bond donors (Lipinski definition) is 2. The Morgan fingerprint density at radius 3 is 2.57 bits per heavy atom. The van der Waals surface area contributed by atoms with E-state index in [9.17, 15) is 4.79 Å². The quantitative estimate of drug-likeness (QED) is 0.840. The first-order valence-electron chi connectivity index (χ1n) is 6.32. The number of rotatable bonds is 4. The van der Waals surface area contributed by atoms with Crippen LogP contribution in [-0.2, 0) is 6.54 Å². The Morgan fingerprint density at radius 1 is 1.33 bits per heavy atom. The molecule has 0 radical (unpaired) electrons. The highest BCUT2D eigenvalue weighted by atomic mass is 35.5. The fourth-order valence-electron chi connectivity index (χ4n) is 1.88. The molecular weight excluding hydrogens is 290 g/mol. The summed E-state index contributed by atoms with van der Waals surface area (Å²) in [4.78, 5) is 21.3. The molecule has 0 atom stereocenters. The van der Waals surface area contributed by atoms with E-state index in [1.165, 1.54) is 0 Å². The topological polar surface area (TPSA) is 84.1 Å². The van der Waals surface area contributed by atoms with Crippen LogP contribution in [0.15, 0.2) is 30.3 Å². The number of amides is 1. The lowest BCUT2D eigenvalue weighted by Crippen LogP contribution is -2.19. The summed E-state index contributed by atoms with van der Waals surface area (Å²) in [5.41, 5.74) is 7.24. The second-order valence-electron chi connectivity index (χ2n) is 4.54. The van der Waals surface area contributed by atoms with Crippen LogP contribution in [0.2, 0.25) is 5.15 Å². The van der Waals surface area contributed by atoms with Gasteiger partial charge in [-0.25, -0.2) is 4.98 Å². The number of anilines is 2. The van der Waals surface area contributed by atoms with E-state index in [0.29, 0.717) is 23.1 Å². The number of halogens is 1. The fourth-order valence-corrected chi connectivity index (χ4v) is 2.06. The van der Waals surface area contributed by atoms with Crippen LogP contribution in [0.4, 0.5) is 11.8 Å². The van der Waals surface area contributed by atoms with Gasteiger partial charge >= 0.3 is 0 Å². The highest BCUT2D eigenvalue weighted by Gasteiger charge is 2.08. The van der Waals surface area contributed by atoms with Crippen molar-refractivity contribution in [1.29, 1.82) is 0 Å². The third-order valence-electron chi connectivity index (χ3n) is 2.95. The zero-order valence-corrected chi connectivity index (χ0v) is 12.6. The standard InChI is InChI=1S/C14H16ClN5O/c1-17-13(21)10-5-3-9(4-6-10)8-20(2)12-7-11(15)18-14(16)19-12/h3-7H,8H2,1-2H3,(H,17,21)(H2,16,18,19). The summed E-state index contributed by atoms with van der Waals surface area (Å²) in [5, 5.41) is 2.89. The number of nitrogens with two attached hydrogens (primary N) is 1. The van der Waals surface area contributed by atoms with E-state index in [1.54, 1.807) is 25.2 Å². The van der Waals surface area contributed by atoms with Crippen molar-refractivity contribution in [2.45, 2.75) is 6.54 Å². The summed E-state index contributed by atoms with van der Waals surface area (Å²) < 4.78 is 0. The van der Waals surface area contributed by atoms with E-state index in [2.05, 4.69) is 15.3 Å². The molecule has 0 aliphatic carbocycles. The molecule has 2 aromatic rings. The molecule has 0 fully saturated rings. The molecule has 3 N–H and O–H groups in total. The molecule has 0 unspecified atom stereocenters. The van der Waals surface area contributed by atoms with Crippen molar-refractivity contribution in [3.63, 3.8) is 0 Å². The summed E-state index contributed by atoms with van der Waals surface area (Å²) in [6, 6.07) is 9.00. The van der Waals surface area contributed by atoms with Crippen LogP contribution in [0.3, 0.4) is 0 Å². The van der Waals surface area contributed by atoms with Crippen molar-refractivity contribution in [1.82, 2.24) is 15.3 Å². The lowest BCUT2D eigenvalue weighted by molar-refractivity contribution is 0.0963. The fraction of sp³-hybridized carbons (Fsp3) is 0.214. The zero-order valence-electron chi connectivity index (χ0n) is 11.8. The predicted molar refractivity (Wildman–Crippen MR) is 83.4 cm³/mol. The van der Waals surface area contributed by atoms with Gasteiger partial charge in [0.05, 0.1) is 0 Å². The van der Waals surface area contributed by atoms with E-state index < -0.39 is 0 Å². The van der Waals surface area contributed by atoms with Crippen molar-refractivity contribution in [3.05, 3.63) is 46.6 Å². The molecule has 6 nitrogen and oxygen atoms in total. The van der Waals surface area contributed by atoms with Crippen molar-refractivity contribution in [2.75, 3.05) is 24.7 Å². The van der Waals surface area contributed by atoms with Crippen molar-refractivity contribution >= 4 is 29.3 Å². The molecule has 1 aromatic carbocycles. The molecular formula is C14H16ClN5O. The van der Waals surface area contributed by atoms with Gasteiger partial charge in [-0.3, -0.25) is 4.79 Å². The molecule has 2 rings (SSSR count). The van der Waals surface area contributed by atoms with E-state index in [0.717, 1.165) is 5.56 Å². The average Bonchev–Trinajstić information content (AvgIpc) is 2.46. The second-order valence-corrected chi connectivity index (χ2v) is 4.93. The van der Waals surface area contributed by atoms with E-state index in [1.807, 2.05) is 24.1 Å². The monoisotopic (exact) mass is 305 g/mol. The lowest BCUT2D eigenvalue weighted by Gasteiger charge is -2.18. The maximum absolute atomic E-state index is 11.5. The van der Waals surface area contributed by atoms with Crippen molar-refractivity contribution in [3.8, 4) is 0 Å². The minimum atomic E-state index is -0.106. The Hall–Kier alpha value is -2.34. The van der Waals surface area contributed by atoms with Gasteiger partial charge in [-0.15, -0.1) is 0 Å². The molecule has 21 heavy (non-hydrogen) atoms. The van der Waals surface area contributed by atoms with E-state index in [4.69, 9.17) is 17.3 Å². The average molecular weight is 306 g/mol. The van der Waals surface area contributed by atoms with Gasteiger partial charge < -0.3 is 16.0 Å². The van der Waals surface area contributed by atoms with Crippen LogP contribution in [-0.4, -0.2) is 30.0 Å². The second kappa shape index (κ2) is 6.41. The van der Waals surface area contributed by atoms with Crippen LogP contribution in [0.25, 0.3) is 0 Å². The predicted octanol–water partition coefficient (Wildman–Crippen LogP) is 1.71. The number of nitrogen functional groups attached to an aromatic ring is 1. The summed E-state index contributed by atoms with van der Waals surface area (Å²) in [6.45, 7) is 0.612. The molecule has 0 saturated heterocycles. The van der Waals surface area contributed by atoms with Crippen molar-refractivity contribution < 1.29 is 4.79 Å².